The van der Waals surface area contributed by atoms with Gasteiger partial charge in [-0.05, 0) is 90.6 Å². The second kappa shape index (κ2) is 6.61. The van der Waals surface area contributed by atoms with Gasteiger partial charge in [-0.15, -0.1) is 0 Å². The minimum atomic E-state index is -0.506. The molecular weight excluding hydrogens is 448 g/mol. The molecule has 4 saturated carbocycles. The molecule has 1 spiro atoms. The van der Waals surface area contributed by atoms with Crippen LogP contribution in [-0.4, -0.2) is 23.5 Å². The van der Waals surface area contributed by atoms with Crippen LogP contribution in [0.3, 0.4) is 0 Å². The summed E-state index contributed by atoms with van der Waals surface area (Å²) in [6.45, 7) is 13.5. The van der Waals surface area contributed by atoms with Crippen LogP contribution in [0.15, 0.2) is 23.3 Å². The molecule has 36 heavy (non-hydrogen) atoms. The van der Waals surface area contributed by atoms with Gasteiger partial charge in [-0.1, -0.05) is 47.6 Å². The largest absolute Gasteiger partial charge is 0.353 e. The van der Waals surface area contributed by atoms with Gasteiger partial charge in [-0.2, -0.15) is 5.26 Å². The van der Waals surface area contributed by atoms with Crippen molar-refractivity contribution in [1.29, 1.82) is 5.26 Å². The van der Waals surface area contributed by atoms with E-state index in [0.717, 1.165) is 63.3 Å². The molecular formula is C31H40N2O3. The third-order valence-corrected chi connectivity index (χ3v) is 13.2. The van der Waals surface area contributed by atoms with Crippen LogP contribution in [-0.2, 0) is 14.4 Å². The van der Waals surface area contributed by atoms with E-state index >= 15 is 0 Å². The number of amides is 1. The van der Waals surface area contributed by atoms with Gasteiger partial charge < -0.3 is 5.32 Å². The third-order valence-electron chi connectivity index (χ3n) is 13.2. The van der Waals surface area contributed by atoms with Crippen molar-refractivity contribution >= 4 is 18.0 Å². The number of hydrogen-bond donors (Lipinski definition) is 1. The quantitative estimate of drug-likeness (QED) is 0.523. The maximum atomic E-state index is 14.3. The summed E-state index contributed by atoms with van der Waals surface area (Å²) in [6, 6.07) is 2.20. The summed E-state index contributed by atoms with van der Waals surface area (Å²) < 4.78 is 0. The topological polar surface area (TPSA) is 87.0 Å². The van der Waals surface area contributed by atoms with E-state index in [-0.39, 0.29) is 56.2 Å². The molecule has 3 unspecified atom stereocenters. The van der Waals surface area contributed by atoms with Crippen LogP contribution in [0.25, 0.3) is 0 Å². The zero-order chi connectivity index (χ0) is 26.2. The predicted molar refractivity (Wildman–Crippen MR) is 136 cm³/mol. The highest BCUT2D eigenvalue weighted by Gasteiger charge is 2.81. The van der Waals surface area contributed by atoms with Crippen LogP contribution >= 0.6 is 0 Å². The normalized spacial score (nSPS) is 52.1. The molecule has 6 aliphatic carbocycles. The van der Waals surface area contributed by atoms with Gasteiger partial charge in [-0.25, -0.2) is 0 Å². The molecule has 8 atom stereocenters. The average Bonchev–Trinajstić information content (AvgIpc) is 3.45. The molecule has 0 heterocycles. The maximum Gasteiger partial charge on any atom is 0.207 e. The molecule has 1 N–H and O–H groups in total. The van der Waals surface area contributed by atoms with E-state index in [9.17, 15) is 19.6 Å². The number of allylic oxidation sites excluding steroid dienone is 4. The Morgan fingerprint density at radius 2 is 1.67 bits per heavy atom. The zero-order valence-electron chi connectivity index (χ0n) is 22.7. The first-order valence-corrected chi connectivity index (χ1v) is 13.9. The van der Waals surface area contributed by atoms with Gasteiger partial charge in [0.2, 0.25) is 6.41 Å². The highest BCUT2D eigenvalue weighted by Crippen LogP contribution is 2.85. The lowest BCUT2D eigenvalue weighted by molar-refractivity contribution is -0.161. The maximum absolute atomic E-state index is 14.3. The second-order valence-corrected chi connectivity index (χ2v) is 14.9. The Balaban J connectivity index is 1.53. The molecule has 1 amide bonds. The fraction of sp³-hybridized carbons (Fsp3) is 0.742. The molecule has 0 aromatic heterocycles. The van der Waals surface area contributed by atoms with Crippen LogP contribution in [0.5, 0.6) is 0 Å². The summed E-state index contributed by atoms with van der Waals surface area (Å²) in [5.41, 5.74) is -0.374. The smallest absolute Gasteiger partial charge is 0.207 e. The first-order chi connectivity index (χ1) is 16.7. The molecule has 0 aromatic carbocycles. The highest BCUT2D eigenvalue weighted by atomic mass is 16.1. The van der Waals surface area contributed by atoms with Crippen LogP contribution in [0.1, 0.15) is 92.9 Å². The molecule has 0 aromatic rings. The van der Waals surface area contributed by atoms with Gasteiger partial charge in [0.1, 0.15) is 6.07 Å². The van der Waals surface area contributed by atoms with Crippen molar-refractivity contribution in [2.24, 2.45) is 44.3 Å². The number of carbonyl (C=O) groups excluding carboxylic acids is 3. The predicted octanol–water partition coefficient (Wildman–Crippen LogP) is 5.46. The molecule has 4 fully saturated rings. The van der Waals surface area contributed by atoms with Crippen molar-refractivity contribution in [3.05, 3.63) is 23.3 Å². The molecule has 192 valence electrons. The number of Topliss-reactive ketones (excluding diaryl/α,β-unsaturated/α-hetero) is 1. The van der Waals surface area contributed by atoms with Gasteiger partial charge >= 0.3 is 0 Å². The number of carbonyl (C=O) groups is 3. The number of hydrogen-bond acceptors (Lipinski definition) is 4. The Kier molecular flexibility index (Phi) is 4.43. The first kappa shape index (κ1) is 24.1. The SMILES string of the molecule is CC1(C)CC[C@]2(NC=O)CC[C@]3(C)C(C(=O)C=C4[C@@]5(C)C=C(C#N)C(=O)C6(C)C[C@]65CC[C@]43C)C2C1. The number of nitriles is 1. The van der Waals surface area contributed by atoms with Gasteiger partial charge in [0.15, 0.2) is 11.6 Å². The summed E-state index contributed by atoms with van der Waals surface area (Å²) in [6.07, 6.45) is 12.1. The van der Waals surface area contributed by atoms with Crippen molar-refractivity contribution in [3.8, 4) is 6.07 Å². The fourth-order valence-corrected chi connectivity index (χ4v) is 10.7. The second-order valence-electron chi connectivity index (χ2n) is 14.9. The van der Waals surface area contributed by atoms with Crippen molar-refractivity contribution in [3.63, 3.8) is 0 Å². The summed E-state index contributed by atoms with van der Waals surface area (Å²) >= 11 is 0. The van der Waals surface area contributed by atoms with Crippen LogP contribution in [0, 0.1) is 55.7 Å². The summed E-state index contributed by atoms with van der Waals surface area (Å²) in [7, 11) is 0. The minimum absolute atomic E-state index is 0.00951. The van der Waals surface area contributed by atoms with Gasteiger partial charge in [0.25, 0.3) is 0 Å². The monoisotopic (exact) mass is 488 g/mol. The van der Waals surface area contributed by atoms with E-state index in [1.807, 2.05) is 19.1 Å². The number of rotatable bonds is 2. The zero-order valence-corrected chi connectivity index (χ0v) is 22.7. The van der Waals surface area contributed by atoms with Crippen molar-refractivity contribution in [1.82, 2.24) is 5.32 Å². The van der Waals surface area contributed by atoms with E-state index < -0.39 is 10.8 Å². The molecule has 5 heteroatoms. The van der Waals surface area contributed by atoms with Crippen LogP contribution < -0.4 is 5.32 Å². The minimum Gasteiger partial charge on any atom is -0.353 e. The lowest BCUT2D eigenvalue weighted by atomic mass is 9.35. The van der Waals surface area contributed by atoms with E-state index in [0.29, 0.717) is 0 Å². The molecule has 0 aliphatic heterocycles. The van der Waals surface area contributed by atoms with Crippen LogP contribution in [0.2, 0.25) is 0 Å². The highest BCUT2D eigenvalue weighted by molar-refractivity contribution is 6.07. The number of ketones is 2. The molecule has 0 bridgehead atoms. The van der Waals surface area contributed by atoms with Crippen molar-refractivity contribution in [2.75, 3.05) is 0 Å². The molecule has 0 radical (unpaired) electrons. The molecule has 6 aliphatic rings. The van der Waals surface area contributed by atoms with E-state index in [2.05, 4.69) is 46.0 Å². The molecule has 0 saturated heterocycles. The summed E-state index contributed by atoms with van der Waals surface area (Å²) in [5.74, 6) is 0.152. The standard InChI is InChI=1S/C31H40N2O3/c1-25(2)7-10-30(33-18-34)11-8-27(4)23(20(30)15-25)21(35)13-22-26(27,3)9-12-31-17-29(31,6)24(36)19(16-32)14-28(22,31)5/h13-14,18,20,23H,7-12,15,17H2,1-6H3,(H,33,34)/t20?,23?,26-,27-,28-,29?,30+,31+/m1/s1. The van der Waals surface area contributed by atoms with Crippen molar-refractivity contribution < 1.29 is 14.4 Å². The Morgan fingerprint density at radius 1 is 0.972 bits per heavy atom. The van der Waals surface area contributed by atoms with Gasteiger partial charge in [0.05, 0.1) is 5.57 Å². The average molecular weight is 489 g/mol. The lowest BCUT2D eigenvalue weighted by Crippen LogP contribution is -2.68. The summed E-state index contributed by atoms with van der Waals surface area (Å²) in [4.78, 5) is 39.3. The van der Waals surface area contributed by atoms with E-state index in [1.165, 1.54) is 0 Å². The Morgan fingerprint density at radius 3 is 2.33 bits per heavy atom. The first-order valence-electron chi connectivity index (χ1n) is 13.9. The Hall–Kier alpha value is -2.22. The summed E-state index contributed by atoms with van der Waals surface area (Å²) in [5, 5.41) is 13.1. The van der Waals surface area contributed by atoms with Crippen molar-refractivity contribution in [2.45, 2.75) is 98.4 Å². The number of nitrogens with zero attached hydrogens (tertiary/aromatic N) is 1. The van der Waals surface area contributed by atoms with Gasteiger partial charge in [0, 0.05) is 22.3 Å². The van der Waals surface area contributed by atoms with Crippen LogP contribution in [0.4, 0.5) is 0 Å². The Bertz CT molecular complexity index is 1220. The number of nitrogens with one attached hydrogen (secondary N) is 1. The Labute approximate surface area is 215 Å². The third kappa shape index (κ3) is 2.41. The molecule has 6 rings (SSSR count). The fourth-order valence-electron chi connectivity index (χ4n) is 10.7. The van der Waals surface area contributed by atoms with Gasteiger partial charge in [-0.3, -0.25) is 14.4 Å². The van der Waals surface area contributed by atoms with E-state index in [1.54, 1.807) is 0 Å². The lowest BCUT2D eigenvalue weighted by Gasteiger charge is -2.68. The molecule has 5 nitrogen and oxygen atoms in total. The van der Waals surface area contributed by atoms with E-state index in [4.69, 9.17) is 0 Å². The number of fused-ring (bicyclic) bond motifs is 6.